The molecule has 1 rings (SSSR count). The second kappa shape index (κ2) is 6.90. The zero-order valence-corrected chi connectivity index (χ0v) is 10.6. The van der Waals surface area contributed by atoms with Crippen LogP contribution in [0.15, 0.2) is 18.2 Å². The highest BCUT2D eigenvalue weighted by Crippen LogP contribution is 2.20. The lowest BCUT2D eigenvalue weighted by Crippen LogP contribution is -1.88. The van der Waals surface area contributed by atoms with Gasteiger partial charge in [-0.3, -0.25) is 0 Å². The third kappa shape index (κ3) is 4.70. The average Bonchev–Trinajstić information content (AvgIpc) is 2.20. The topological polar surface area (TPSA) is 0 Å². The van der Waals surface area contributed by atoms with E-state index in [4.69, 9.17) is 11.6 Å². The number of benzene rings is 1. The molecule has 1 aromatic carbocycles. The molecular formula is C14H21Cl. The molecule has 0 unspecified atom stereocenters. The van der Waals surface area contributed by atoms with Gasteiger partial charge in [-0.1, -0.05) is 56.3 Å². The molecule has 1 aromatic rings. The van der Waals surface area contributed by atoms with E-state index in [1.54, 1.807) is 0 Å². The van der Waals surface area contributed by atoms with Crippen molar-refractivity contribution in [2.24, 2.45) is 0 Å². The number of hydrogen-bond donors (Lipinski definition) is 0. The van der Waals surface area contributed by atoms with Crippen LogP contribution in [0.4, 0.5) is 0 Å². The molecule has 0 saturated heterocycles. The Hall–Kier alpha value is -0.490. The van der Waals surface area contributed by atoms with Crippen molar-refractivity contribution in [3.8, 4) is 0 Å². The van der Waals surface area contributed by atoms with Crippen molar-refractivity contribution >= 4 is 11.6 Å². The lowest BCUT2D eigenvalue weighted by molar-refractivity contribution is 0.632. The molecule has 0 spiro atoms. The zero-order valence-electron chi connectivity index (χ0n) is 9.85. The van der Waals surface area contributed by atoms with Crippen molar-refractivity contribution in [2.45, 2.75) is 52.4 Å². The van der Waals surface area contributed by atoms with E-state index in [-0.39, 0.29) is 0 Å². The van der Waals surface area contributed by atoms with Gasteiger partial charge >= 0.3 is 0 Å². The molecule has 84 valence electrons. The maximum atomic E-state index is 6.17. The summed E-state index contributed by atoms with van der Waals surface area (Å²) in [6.07, 6.45) is 7.76. The van der Waals surface area contributed by atoms with Gasteiger partial charge in [-0.2, -0.15) is 0 Å². The second-order valence-corrected chi connectivity index (χ2v) is 4.67. The molecule has 0 N–H and O–H groups in total. The van der Waals surface area contributed by atoms with Crippen LogP contribution in [0.2, 0.25) is 5.02 Å². The van der Waals surface area contributed by atoms with Crippen molar-refractivity contribution in [1.82, 2.24) is 0 Å². The first-order valence-electron chi connectivity index (χ1n) is 5.99. The van der Waals surface area contributed by atoms with Crippen molar-refractivity contribution in [2.75, 3.05) is 0 Å². The van der Waals surface area contributed by atoms with Crippen LogP contribution in [0.3, 0.4) is 0 Å². The largest absolute Gasteiger partial charge is 0.0840 e. The standard InChI is InChI=1S/C14H21Cl/c1-3-4-5-6-7-8-13-10-9-12(2)11-14(13)15/h9-11H,3-8H2,1-2H3. The van der Waals surface area contributed by atoms with Crippen LogP contribution in [0.5, 0.6) is 0 Å². The van der Waals surface area contributed by atoms with E-state index in [1.807, 2.05) is 0 Å². The molecule has 0 amide bonds. The number of hydrogen-bond acceptors (Lipinski definition) is 0. The van der Waals surface area contributed by atoms with Crippen LogP contribution in [-0.2, 0) is 6.42 Å². The Morgan fingerprint density at radius 3 is 2.47 bits per heavy atom. The molecule has 0 heterocycles. The van der Waals surface area contributed by atoms with Gasteiger partial charge in [-0.05, 0) is 37.0 Å². The predicted molar refractivity (Wildman–Crippen MR) is 68.7 cm³/mol. The molecule has 0 aliphatic carbocycles. The fourth-order valence-corrected chi connectivity index (χ4v) is 2.10. The van der Waals surface area contributed by atoms with E-state index >= 15 is 0 Å². The first kappa shape index (κ1) is 12.6. The normalized spacial score (nSPS) is 10.6. The SMILES string of the molecule is CCCCCCCc1ccc(C)cc1Cl. The third-order valence-electron chi connectivity index (χ3n) is 2.76. The molecule has 0 atom stereocenters. The van der Waals surface area contributed by atoms with Gasteiger partial charge in [0.05, 0.1) is 0 Å². The molecule has 0 aliphatic rings. The van der Waals surface area contributed by atoms with E-state index in [9.17, 15) is 0 Å². The molecule has 0 aromatic heterocycles. The predicted octanol–water partition coefficient (Wildman–Crippen LogP) is 5.16. The van der Waals surface area contributed by atoms with Crippen LogP contribution >= 0.6 is 11.6 Å². The number of halogens is 1. The maximum Gasteiger partial charge on any atom is 0.0440 e. The lowest BCUT2D eigenvalue weighted by Gasteiger charge is -2.05. The van der Waals surface area contributed by atoms with Gasteiger partial charge in [0.15, 0.2) is 0 Å². The number of unbranched alkanes of at least 4 members (excludes halogenated alkanes) is 4. The van der Waals surface area contributed by atoms with Gasteiger partial charge < -0.3 is 0 Å². The summed E-state index contributed by atoms with van der Waals surface area (Å²) in [5.74, 6) is 0. The zero-order chi connectivity index (χ0) is 11.1. The summed E-state index contributed by atoms with van der Waals surface area (Å²) in [5, 5.41) is 0.936. The molecule has 0 radical (unpaired) electrons. The van der Waals surface area contributed by atoms with Crippen molar-refractivity contribution in [3.63, 3.8) is 0 Å². The molecular weight excluding hydrogens is 204 g/mol. The third-order valence-corrected chi connectivity index (χ3v) is 3.11. The van der Waals surface area contributed by atoms with Crippen molar-refractivity contribution < 1.29 is 0 Å². The summed E-state index contributed by atoms with van der Waals surface area (Å²) in [4.78, 5) is 0. The molecule has 0 saturated carbocycles. The van der Waals surface area contributed by atoms with Crippen LogP contribution < -0.4 is 0 Å². The Morgan fingerprint density at radius 1 is 1.07 bits per heavy atom. The first-order valence-corrected chi connectivity index (χ1v) is 6.37. The van der Waals surface area contributed by atoms with Crippen molar-refractivity contribution in [1.29, 1.82) is 0 Å². The van der Waals surface area contributed by atoms with Crippen LogP contribution in [0.25, 0.3) is 0 Å². The van der Waals surface area contributed by atoms with E-state index in [1.165, 1.54) is 43.2 Å². The Kier molecular flexibility index (Phi) is 5.78. The quantitative estimate of drug-likeness (QED) is 0.586. The Bertz CT molecular complexity index is 291. The van der Waals surface area contributed by atoms with Gasteiger partial charge in [0.1, 0.15) is 0 Å². The summed E-state index contributed by atoms with van der Waals surface area (Å²) in [5.41, 5.74) is 2.55. The summed E-state index contributed by atoms with van der Waals surface area (Å²) < 4.78 is 0. The fraction of sp³-hybridized carbons (Fsp3) is 0.571. The molecule has 15 heavy (non-hydrogen) atoms. The maximum absolute atomic E-state index is 6.17. The van der Waals surface area contributed by atoms with Gasteiger partial charge in [0.25, 0.3) is 0 Å². The monoisotopic (exact) mass is 224 g/mol. The Balaban J connectivity index is 2.31. The van der Waals surface area contributed by atoms with Gasteiger partial charge in [0.2, 0.25) is 0 Å². The highest BCUT2D eigenvalue weighted by molar-refractivity contribution is 6.31. The van der Waals surface area contributed by atoms with Gasteiger partial charge in [-0.15, -0.1) is 0 Å². The molecule has 0 nitrogen and oxygen atoms in total. The summed E-state index contributed by atoms with van der Waals surface area (Å²) in [7, 11) is 0. The second-order valence-electron chi connectivity index (χ2n) is 4.26. The van der Waals surface area contributed by atoms with Gasteiger partial charge in [-0.25, -0.2) is 0 Å². The average molecular weight is 225 g/mol. The van der Waals surface area contributed by atoms with Crippen LogP contribution in [0.1, 0.15) is 50.2 Å². The summed E-state index contributed by atoms with van der Waals surface area (Å²) in [6.45, 7) is 4.33. The van der Waals surface area contributed by atoms with E-state index in [2.05, 4.69) is 32.0 Å². The lowest BCUT2D eigenvalue weighted by atomic mass is 10.0. The van der Waals surface area contributed by atoms with E-state index in [0.29, 0.717) is 0 Å². The molecule has 0 aliphatic heterocycles. The number of aryl methyl sites for hydroxylation is 2. The van der Waals surface area contributed by atoms with Crippen LogP contribution in [0, 0.1) is 6.92 Å². The minimum atomic E-state index is 0.936. The molecule has 0 fully saturated rings. The Labute approximate surface area is 98.7 Å². The fourth-order valence-electron chi connectivity index (χ4n) is 1.77. The Morgan fingerprint density at radius 2 is 1.80 bits per heavy atom. The molecule has 1 heteroatoms. The van der Waals surface area contributed by atoms with E-state index < -0.39 is 0 Å². The minimum absolute atomic E-state index is 0.936. The smallest absolute Gasteiger partial charge is 0.0440 e. The minimum Gasteiger partial charge on any atom is -0.0840 e. The van der Waals surface area contributed by atoms with Gasteiger partial charge in [0, 0.05) is 5.02 Å². The highest BCUT2D eigenvalue weighted by atomic mass is 35.5. The van der Waals surface area contributed by atoms with Crippen molar-refractivity contribution in [3.05, 3.63) is 34.3 Å². The highest BCUT2D eigenvalue weighted by Gasteiger charge is 1.99. The first-order chi connectivity index (χ1) is 7.24. The molecule has 0 bridgehead atoms. The van der Waals surface area contributed by atoms with Crippen LogP contribution in [-0.4, -0.2) is 0 Å². The summed E-state index contributed by atoms with van der Waals surface area (Å²) in [6, 6.07) is 6.37. The van der Waals surface area contributed by atoms with E-state index in [0.717, 1.165) is 11.4 Å². The number of rotatable bonds is 6. The summed E-state index contributed by atoms with van der Waals surface area (Å²) >= 11 is 6.17.